The van der Waals surface area contributed by atoms with Crippen molar-refractivity contribution in [2.24, 2.45) is 0 Å². The Kier molecular flexibility index (Phi) is 9.57. The zero-order valence-electron chi connectivity index (χ0n) is 15.9. The summed E-state index contributed by atoms with van der Waals surface area (Å²) < 4.78 is 5.05. The quantitative estimate of drug-likeness (QED) is 0.520. The SMILES string of the molecule is O=C(CCNC(=O)OCc1ccccc1)NC(CSCc1ccccc1)C(=O)O. The maximum atomic E-state index is 12.0. The summed E-state index contributed by atoms with van der Waals surface area (Å²) in [5.74, 6) is -0.618. The molecular formula is C21H24N2O5S. The Labute approximate surface area is 173 Å². The third kappa shape index (κ3) is 9.16. The summed E-state index contributed by atoms with van der Waals surface area (Å²) in [6.45, 7) is 0.196. The first-order valence-electron chi connectivity index (χ1n) is 9.13. The molecule has 29 heavy (non-hydrogen) atoms. The normalized spacial score (nSPS) is 11.3. The summed E-state index contributed by atoms with van der Waals surface area (Å²) in [6.07, 6.45) is -0.664. The lowest BCUT2D eigenvalue weighted by Gasteiger charge is -2.14. The van der Waals surface area contributed by atoms with Gasteiger partial charge in [-0.1, -0.05) is 60.7 Å². The lowest BCUT2D eigenvalue weighted by atomic mass is 10.2. The molecule has 3 N–H and O–H groups in total. The fourth-order valence-corrected chi connectivity index (χ4v) is 3.37. The van der Waals surface area contributed by atoms with E-state index < -0.39 is 24.0 Å². The Balaban J connectivity index is 1.63. The number of hydrogen-bond acceptors (Lipinski definition) is 5. The molecular weight excluding hydrogens is 392 g/mol. The van der Waals surface area contributed by atoms with E-state index in [2.05, 4.69) is 10.6 Å². The predicted molar refractivity (Wildman–Crippen MR) is 111 cm³/mol. The molecule has 154 valence electrons. The van der Waals surface area contributed by atoms with E-state index in [9.17, 15) is 19.5 Å². The second-order valence-corrected chi connectivity index (χ2v) is 7.23. The van der Waals surface area contributed by atoms with E-state index in [4.69, 9.17) is 4.74 Å². The molecule has 7 nitrogen and oxygen atoms in total. The number of alkyl carbamates (subject to hydrolysis) is 1. The summed E-state index contributed by atoms with van der Waals surface area (Å²) in [4.78, 5) is 35.0. The molecule has 1 unspecified atom stereocenters. The van der Waals surface area contributed by atoms with Gasteiger partial charge in [0.1, 0.15) is 12.6 Å². The zero-order valence-corrected chi connectivity index (χ0v) is 16.7. The summed E-state index contributed by atoms with van der Waals surface area (Å²) in [7, 11) is 0. The van der Waals surface area contributed by atoms with Crippen LogP contribution in [0.25, 0.3) is 0 Å². The molecule has 2 aromatic rings. The lowest BCUT2D eigenvalue weighted by molar-refractivity contribution is -0.141. The number of carbonyl (C=O) groups excluding carboxylic acids is 2. The average molecular weight is 416 g/mol. The van der Waals surface area contributed by atoms with Crippen molar-refractivity contribution in [3.05, 3.63) is 71.8 Å². The van der Waals surface area contributed by atoms with Gasteiger partial charge in [0.05, 0.1) is 0 Å². The van der Waals surface area contributed by atoms with Crippen LogP contribution in [-0.4, -0.2) is 41.4 Å². The highest BCUT2D eigenvalue weighted by Crippen LogP contribution is 2.13. The number of nitrogens with one attached hydrogen (secondary N) is 2. The molecule has 8 heteroatoms. The smallest absolute Gasteiger partial charge is 0.407 e. The van der Waals surface area contributed by atoms with Crippen molar-refractivity contribution in [2.45, 2.75) is 24.8 Å². The van der Waals surface area contributed by atoms with Crippen LogP contribution < -0.4 is 10.6 Å². The molecule has 2 rings (SSSR count). The number of carbonyl (C=O) groups is 3. The van der Waals surface area contributed by atoms with Crippen LogP contribution in [0.2, 0.25) is 0 Å². The second kappa shape index (κ2) is 12.5. The van der Waals surface area contributed by atoms with Crippen LogP contribution in [0.4, 0.5) is 4.79 Å². The average Bonchev–Trinajstić information content (AvgIpc) is 2.73. The number of rotatable bonds is 11. The molecule has 2 amide bonds. The number of carboxylic acids is 1. The van der Waals surface area contributed by atoms with Gasteiger partial charge in [0, 0.05) is 24.5 Å². The van der Waals surface area contributed by atoms with Crippen molar-refractivity contribution in [3.8, 4) is 0 Å². The molecule has 0 fully saturated rings. The van der Waals surface area contributed by atoms with Crippen LogP contribution in [0.5, 0.6) is 0 Å². The highest BCUT2D eigenvalue weighted by Gasteiger charge is 2.19. The third-order valence-electron chi connectivity index (χ3n) is 3.86. The van der Waals surface area contributed by atoms with Crippen LogP contribution in [0.15, 0.2) is 60.7 Å². The molecule has 0 aromatic heterocycles. The predicted octanol–water partition coefficient (Wildman–Crippen LogP) is 2.81. The van der Waals surface area contributed by atoms with Gasteiger partial charge in [-0.05, 0) is 11.1 Å². The van der Waals surface area contributed by atoms with Crippen molar-refractivity contribution in [3.63, 3.8) is 0 Å². The maximum Gasteiger partial charge on any atom is 0.407 e. The van der Waals surface area contributed by atoms with Crippen LogP contribution in [-0.2, 0) is 26.7 Å². The summed E-state index contributed by atoms with van der Waals surface area (Å²) >= 11 is 1.43. The van der Waals surface area contributed by atoms with Crippen molar-refractivity contribution in [1.29, 1.82) is 0 Å². The van der Waals surface area contributed by atoms with Crippen molar-refractivity contribution in [1.82, 2.24) is 10.6 Å². The number of benzene rings is 2. The van der Waals surface area contributed by atoms with Crippen LogP contribution in [0.1, 0.15) is 17.5 Å². The Morgan fingerprint density at radius 1 is 0.966 bits per heavy atom. The molecule has 0 spiro atoms. The van der Waals surface area contributed by atoms with Gasteiger partial charge in [0.2, 0.25) is 5.91 Å². The second-order valence-electron chi connectivity index (χ2n) is 6.20. The van der Waals surface area contributed by atoms with E-state index in [-0.39, 0.29) is 25.3 Å². The van der Waals surface area contributed by atoms with E-state index >= 15 is 0 Å². The van der Waals surface area contributed by atoms with E-state index in [1.54, 1.807) is 0 Å². The molecule has 0 aliphatic carbocycles. The largest absolute Gasteiger partial charge is 0.480 e. The number of hydrogen-bond donors (Lipinski definition) is 3. The lowest BCUT2D eigenvalue weighted by Crippen LogP contribution is -2.43. The topological polar surface area (TPSA) is 105 Å². The highest BCUT2D eigenvalue weighted by atomic mass is 32.2. The molecule has 0 radical (unpaired) electrons. The zero-order chi connectivity index (χ0) is 20.9. The van der Waals surface area contributed by atoms with E-state index in [1.807, 2.05) is 60.7 Å². The molecule has 0 bridgehead atoms. The van der Waals surface area contributed by atoms with Crippen molar-refractivity contribution in [2.75, 3.05) is 12.3 Å². The highest BCUT2D eigenvalue weighted by molar-refractivity contribution is 7.98. The van der Waals surface area contributed by atoms with Gasteiger partial charge in [0.25, 0.3) is 0 Å². The summed E-state index contributed by atoms with van der Waals surface area (Å²) in [6, 6.07) is 17.9. The van der Waals surface area contributed by atoms with Gasteiger partial charge in [-0.15, -0.1) is 0 Å². The van der Waals surface area contributed by atoms with E-state index in [0.717, 1.165) is 11.1 Å². The van der Waals surface area contributed by atoms with E-state index in [1.165, 1.54) is 11.8 Å². The van der Waals surface area contributed by atoms with Crippen molar-refractivity contribution < 1.29 is 24.2 Å². The van der Waals surface area contributed by atoms with Gasteiger partial charge in [0.15, 0.2) is 0 Å². The van der Waals surface area contributed by atoms with Crippen LogP contribution >= 0.6 is 11.8 Å². The minimum Gasteiger partial charge on any atom is -0.480 e. The minimum atomic E-state index is -1.09. The third-order valence-corrected chi connectivity index (χ3v) is 4.97. The first kappa shape index (κ1) is 22.3. The van der Waals surface area contributed by atoms with Gasteiger partial charge < -0.3 is 20.5 Å². The molecule has 0 aliphatic heterocycles. The molecule has 0 saturated heterocycles. The number of ether oxygens (including phenoxy) is 1. The van der Waals surface area contributed by atoms with Crippen molar-refractivity contribution >= 4 is 29.7 Å². The first-order chi connectivity index (χ1) is 14.0. The van der Waals surface area contributed by atoms with Gasteiger partial charge in [-0.2, -0.15) is 11.8 Å². The monoisotopic (exact) mass is 416 g/mol. The number of aliphatic carboxylic acids is 1. The van der Waals surface area contributed by atoms with E-state index in [0.29, 0.717) is 5.75 Å². The fraction of sp³-hybridized carbons (Fsp3) is 0.286. The van der Waals surface area contributed by atoms with Gasteiger partial charge in [-0.25, -0.2) is 9.59 Å². The van der Waals surface area contributed by atoms with Crippen LogP contribution in [0.3, 0.4) is 0 Å². The minimum absolute atomic E-state index is 0.0342. The molecule has 2 aromatic carbocycles. The summed E-state index contributed by atoms with van der Waals surface area (Å²) in [5, 5.41) is 14.3. The number of carboxylic acid groups (broad SMARTS) is 1. The molecule has 0 saturated carbocycles. The standard InChI is InChI=1S/C21H24N2O5S/c24-19(11-12-22-21(27)28-13-16-7-3-1-4-8-16)23-18(20(25)26)15-29-14-17-9-5-2-6-10-17/h1-10,18H,11-15H2,(H,22,27)(H,23,24)(H,25,26). The Morgan fingerprint density at radius 2 is 1.59 bits per heavy atom. The summed E-state index contributed by atoms with van der Waals surface area (Å²) in [5.41, 5.74) is 1.95. The maximum absolute atomic E-state index is 12.0. The Morgan fingerprint density at radius 3 is 2.21 bits per heavy atom. The molecule has 0 aliphatic rings. The molecule has 0 heterocycles. The Bertz CT molecular complexity index is 786. The fourth-order valence-electron chi connectivity index (χ4n) is 2.36. The first-order valence-corrected chi connectivity index (χ1v) is 10.3. The molecule has 1 atom stereocenters. The number of amides is 2. The van der Waals surface area contributed by atoms with Crippen LogP contribution in [0, 0.1) is 0 Å². The van der Waals surface area contributed by atoms with Gasteiger partial charge in [-0.3, -0.25) is 4.79 Å². The van der Waals surface area contributed by atoms with Gasteiger partial charge >= 0.3 is 12.1 Å². The number of thioether (sulfide) groups is 1. The Hall–Kier alpha value is -3.00.